The van der Waals surface area contributed by atoms with Gasteiger partial charge in [-0.3, -0.25) is 9.69 Å². The molecule has 3 rings (SSSR count). The number of oxime groups is 1. The number of aromatic nitrogens is 3. The summed E-state index contributed by atoms with van der Waals surface area (Å²) < 4.78 is 21.1. The van der Waals surface area contributed by atoms with E-state index < -0.39 is 18.0 Å². The number of halogens is 1. The molecule has 11 nitrogen and oxygen atoms in total. The van der Waals surface area contributed by atoms with E-state index in [2.05, 4.69) is 32.2 Å². The second kappa shape index (κ2) is 9.03. The molecule has 12 heteroatoms. The van der Waals surface area contributed by atoms with Gasteiger partial charge in [-0.25, -0.2) is 13.9 Å². The molecule has 0 radical (unpaired) electrons. The molecule has 1 aromatic heterocycles. The quantitative estimate of drug-likeness (QED) is 0.281. The Morgan fingerprint density at radius 2 is 2.37 bits per heavy atom. The van der Waals surface area contributed by atoms with Crippen LogP contribution in [0.25, 0.3) is 5.69 Å². The number of nitrogens with two attached hydrogens (primary N) is 1. The fourth-order valence-electron chi connectivity index (χ4n) is 2.77. The average Bonchev–Trinajstić information content (AvgIpc) is 3.31. The van der Waals surface area contributed by atoms with Crippen LogP contribution in [0.15, 0.2) is 42.4 Å². The lowest BCUT2D eigenvalue weighted by Gasteiger charge is -2.14. The van der Waals surface area contributed by atoms with E-state index in [9.17, 15) is 14.0 Å². The number of benzene rings is 1. The summed E-state index contributed by atoms with van der Waals surface area (Å²) in [5.74, 6) is -0.689. The monoisotopic (exact) mass is 417 g/mol. The van der Waals surface area contributed by atoms with E-state index in [1.807, 2.05) is 0 Å². The van der Waals surface area contributed by atoms with Crippen molar-refractivity contribution in [3.05, 3.63) is 48.7 Å². The molecule has 1 atom stereocenters. The van der Waals surface area contributed by atoms with E-state index in [1.165, 1.54) is 34.8 Å². The van der Waals surface area contributed by atoms with Crippen molar-refractivity contribution in [1.82, 2.24) is 20.3 Å². The van der Waals surface area contributed by atoms with Crippen LogP contribution in [-0.2, 0) is 20.8 Å². The number of carbonyl (C=O) groups excluding carboxylic acids is 2. The SMILES string of the molecule is C=CO/N=C(\N)Cc1cn(-c2ccc(N3C[C@H](CNC(C)=O)OC3=O)cc2F)nn1. The molecule has 0 unspecified atom stereocenters. The van der Waals surface area contributed by atoms with Crippen molar-refractivity contribution in [3.8, 4) is 5.69 Å². The van der Waals surface area contributed by atoms with Crippen LogP contribution in [0.3, 0.4) is 0 Å². The Labute approximate surface area is 170 Å². The van der Waals surface area contributed by atoms with Gasteiger partial charge in [-0.05, 0) is 18.2 Å². The molecule has 1 aliphatic heterocycles. The first-order valence-electron chi connectivity index (χ1n) is 8.90. The number of rotatable bonds is 8. The zero-order valence-corrected chi connectivity index (χ0v) is 16.1. The fraction of sp³-hybridized carbons (Fsp3) is 0.278. The maximum Gasteiger partial charge on any atom is 0.414 e. The number of amides is 2. The maximum atomic E-state index is 14.7. The molecule has 1 saturated heterocycles. The molecule has 158 valence electrons. The van der Waals surface area contributed by atoms with E-state index in [0.717, 1.165) is 6.26 Å². The highest BCUT2D eigenvalue weighted by molar-refractivity contribution is 5.90. The highest BCUT2D eigenvalue weighted by Crippen LogP contribution is 2.25. The van der Waals surface area contributed by atoms with Gasteiger partial charge in [0.2, 0.25) is 5.91 Å². The van der Waals surface area contributed by atoms with Crippen molar-refractivity contribution in [2.45, 2.75) is 19.4 Å². The minimum Gasteiger partial charge on any atom is -0.442 e. The summed E-state index contributed by atoms with van der Waals surface area (Å²) >= 11 is 0. The first kappa shape index (κ1) is 20.8. The first-order chi connectivity index (χ1) is 14.4. The van der Waals surface area contributed by atoms with Crippen molar-refractivity contribution >= 4 is 23.5 Å². The Morgan fingerprint density at radius 1 is 1.57 bits per heavy atom. The molecule has 0 spiro atoms. The van der Waals surface area contributed by atoms with Gasteiger partial charge >= 0.3 is 6.09 Å². The molecule has 0 aliphatic carbocycles. The molecule has 2 heterocycles. The molecule has 0 saturated carbocycles. The standard InChI is InChI=1S/C18H20FN7O4/c1-3-29-23-17(20)6-12-9-26(24-22-12)16-5-4-13(7-15(16)19)25-10-14(30-18(25)28)8-21-11(2)27/h3-5,7,9,14H,1,6,8,10H2,2H3,(H2,20,23)(H,21,27)/t14-/m0/s1. The number of amidine groups is 1. The third-order valence-corrected chi connectivity index (χ3v) is 4.09. The summed E-state index contributed by atoms with van der Waals surface area (Å²) in [6.07, 6.45) is 1.65. The summed E-state index contributed by atoms with van der Waals surface area (Å²) in [5.41, 5.74) is 6.59. The van der Waals surface area contributed by atoms with E-state index in [4.69, 9.17) is 10.5 Å². The summed E-state index contributed by atoms with van der Waals surface area (Å²) in [5, 5.41) is 14.0. The van der Waals surface area contributed by atoms with Crippen molar-refractivity contribution < 1.29 is 23.6 Å². The first-order valence-corrected chi connectivity index (χ1v) is 8.90. The second-order valence-electron chi connectivity index (χ2n) is 6.38. The van der Waals surface area contributed by atoms with Crippen LogP contribution in [0.4, 0.5) is 14.9 Å². The van der Waals surface area contributed by atoms with Crippen molar-refractivity contribution in [1.29, 1.82) is 0 Å². The van der Waals surface area contributed by atoms with Gasteiger partial charge in [-0.2, -0.15) is 0 Å². The Hall–Kier alpha value is -3.96. The molecule has 2 amide bonds. The minimum atomic E-state index is -0.614. The number of hydrogen-bond donors (Lipinski definition) is 2. The zero-order chi connectivity index (χ0) is 21.7. The largest absolute Gasteiger partial charge is 0.442 e. The van der Waals surface area contributed by atoms with Crippen LogP contribution >= 0.6 is 0 Å². The number of anilines is 1. The Bertz CT molecular complexity index is 991. The topological polar surface area (TPSA) is 137 Å². The van der Waals surface area contributed by atoms with Gasteiger partial charge in [-0.1, -0.05) is 16.9 Å². The number of carbonyl (C=O) groups is 2. The van der Waals surface area contributed by atoms with Gasteiger partial charge in [-0.15, -0.1) is 5.10 Å². The lowest BCUT2D eigenvalue weighted by Crippen LogP contribution is -2.33. The highest BCUT2D eigenvalue weighted by atomic mass is 19.1. The number of nitrogens with zero attached hydrogens (tertiary/aromatic N) is 5. The highest BCUT2D eigenvalue weighted by Gasteiger charge is 2.32. The fourth-order valence-corrected chi connectivity index (χ4v) is 2.77. The Kier molecular flexibility index (Phi) is 6.25. The number of cyclic esters (lactones) is 1. The van der Waals surface area contributed by atoms with Gasteiger partial charge in [0.1, 0.15) is 23.9 Å². The summed E-state index contributed by atoms with van der Waals surface area (Å²) in [6, 6.07) is 4.23. The average molecular weight is 417 g/mol. The predicted octanol–water partition coefficient (Wildman–Crippen LogP) is 0.842. The van der Waals surface area contributed by atoms with E-state index in [1.54, 1.807) is 6.07 Å². The third-order valence-electron chi connectivity index (χ3n) is 4.09. The normalized spacial score (nSPS) is 16.3. The van der Waals surface area contributed by atoms with E-state index in [0.29, 0.717) is 11.4 Å². The lowest BCUT2D eigenvalue weighted by molar-refractivity contribution is -0.119. The van der Waals surface area contributed by atoms with Crippen LogP contribution in [0.5, 0.6) is 0 Å². The van der Waals surface area contributed by atoms with Crippen molar-refractivity contribution in [2.24, 2.45) is 10.9 Å². The van der Waals surface area contributed by atoms with E-state index >= 15 is 0 Å². The van der Waals surface area contributed by atoms with Crippen molar-refractivity contribution in [2.75, 3.05) is 18.0 Å². The molecular weight excluding hydrogens is 397 g/mol. The maximum absolute atomic E-state index is 14.7. The van der Waals surface area contributed by atoms with Gasteiger partial charge in [0.05, 0.1) is 37.1 Å². The van der Waals surface area contributed by atoms with Crippen LogP contribution in [0.1, 0.15) is 12.6 Å². The van der Waals surface area contributed by atoms with Crippen LogP contribution < -0.4 is 16.0 Å². The van der Waals surface area contributed by atoms with Gasteiger partial charge in [0.25, 0.3) is 0 Å². The second-order valence-corrected chi connectivity index (χ2v) is 6.38. The number of hydrogen-bond acceptors (Lipinski definition) is 7. The Morgan fingerprint density at radius 3 is 3.07 bits per heavy atom. The van der Waals surface area contributed by atoms with E-state index in [-0.39, 0.29) is 36.9 Å². The molecule has 1 aliphatic rings. The minimum absolute atomic E-state index is 0.137. The summed E-state index contributed by atoms with van der Waals surface area (Å²) in [6.45, 7) is 5.09. The molecule has 3 N–H and O–H groups in total. The Balaban J connectivity index is 1.71. The molecule has 0 bridgehead atoms. The molecule has 30 heavy (non-hydrogen) atoms. The lowest BCUT2D eigenvalue weighted by atomic mass is 10.2. The summed E-state index contributed by atoms with van der Waals surface area (Å²) in [7, 11) is 0. The van der Waals surface area contributed by atoms with Crippen LogP contribution in [-0.4, -0.2) is 52.0 Å². The molecular formula is C18H20FN7O4. The molecule has 1 aromatic carbocycles. The van der Waals surface area contributed by atoms with Crippen LogP contribution in [0.2, 0.25) is 0 Å². The predicted molar refractivity (Wildman–Crippen MR) is 104 cm³/mol. The number of nitrogens with one attached hydrogen (secondary N) is 1. The van der Waals surface area contributed by atoms with Crippen molar-refractivity contribution in [3.63, 3.8) is 0 Å². The number of ether oxygens (including phenoxy) is 1. The zero-order valence-electron chi connectivity index (χ0n) is 16.1. The third kappa shape index (κ3) is 4.90. The van der Waals surface area contributed by atoms with Gasteiger partial charge in [0, 0.05) is 6.92 Å². The summed E-state index contributed by atoms with van der Waals surface area (Å²) in [4.78, 5) is 29.0. The van der Waals surface area contributed by atoms with Gasteiger partial charge < -0.3 is 20.6 Å². The smallest absolute Gasteiger partial charge is 0.414 e. The van der Waals surface area contributed by atoms with Gasteiger partial charge in [0.15, 0.2) is 5.82 Å². The van der Waals surface area contributed by atoms with Crippen LogP contribution in [0, 0.1) is 5.82 Å². The molecule has 2 aromatic rings. The molecule has 1 fully saturated rings.